The molecule has 0 fully saturated rings. The van der Waals surface area contributed by atoms with E-state index in [-0.39, 0.29) is 0 Å². The van der Waals surface area contributed by atoms with E-state index in [9.17, 15) is 0 Å². The van der Waals surface area contributed by atoms with E-state index in [0.29, 0.717) is 11.4 Å². The van der Waals surface area contributed by atoms with Crippen LogP contribution in [0.3, 0.4) is 0 Å². The van der Waals surface area contributed by atoms with E-state index < -0.39 is 0 Å². The average molecular weight is 263 g/mol. The Hall–Kier alpha value is -1.62. The van der Waals surface area contributed by atoms with Gasteiger partial charge >= 0.3 is 0 Å². The number of aromatic amines is 1. The normalized spacial score (nSPS) is 10.6. The Morgan fingerprint density at radius 1 is 1.33 bits per heavy atom. The molecule has 0 saturated carbocycles. The van der Waals surface area contributed by atoms with Gasteiger partial charge in [0.05, 0.1) is 0 Å². The Labute approximate surface area is 112 Å². The topological polar surface area (TPSA) is 42.8 Å². The zero-order valence-electron chi connectivity index (χ0n) is 10.9. The molecule has 0 spiro atoms. The van der Waals surface area contributed by atoms with Crippen LogP contribution in [0.25, 0.3) is 0 Å². The number of benzene rings is 1. The molecule has 2 aromatic rings. The second-order valence-electron chi connectivity index (χ2n) is 4.22. The van der Waals surface area contributed by atoms with E-state index in [0.717, 1.165) is 18.1 Å². The maximum atomic E-state index is 5.73. The van der Waals surface area contributed by atoms with E-state index in [1.54, 1.807) is 0 Å². The summed E-state index contributed by atoms with van der Waals surface area (Å²) in [6.07, 6.45) is 0. The molecule has 0 aliphatic rings. The van der Waals surface area contributed by atoms with Crippen LogP contribution in [-0.4, -0.2) is 14.8 Å². The van der Waals surface area contributed by atoms with Crippen LogP contribution in [-0.2, 0) is 13.2 Å². The fourth-order valence-corrected chi connectivity index (χ4v) is 2.02. The van der Waals surface area contributed by atoms with Crippen molar-refractivity contribution >= 4 is 12.2 Å². The first-order valence-corrected chi connectivity index (χ1v) is 6.36. The summed E-state index contributed by atoms with van der Waals surface area (Å²) in [4.78, 5) is 0. The molecule has 96 valence electrons. The molecule has 0 unspecified atom stereocenters. The number of hydrogen-bond donors (Lipinski definition) is 1. The van der Waals surface area contributed by atoms with Gasteiger partial charge < -0.3 is 9.30 Å². The largest absolute Gasteiger partial charge is 0.486 e. The molecular weight excluding hydrogens is 246 g/mol. The van der Waals surface area contributed by atoms with Crippen molar-refractivity contribution in [2.24, 2.45) is 0 Å². The molecule has 0 aliphatic heterocycles. The van der Waals surface area contributed by atoms with Gasteiger partial charge in [0.15, 0.2) is 10.6 Å². The maximum Gasteiger partial charge on any atom is 0.195 e. The highest BCUT2D eigenvalue weighted by atomic mass is 32.1. The van der Waals surface area contributed by atoms with E-state index in [4.69, 9.17) is 17.0 Å². The number of aryl methyl sites for hydroxylation is 2. The highest BCUT2D eigenvalue weighted by Gasteiger charge is 2.05. The van der Waals surface area contributed by atoms with Crippen LogP contribution < -0.4 is 4.74 Å². The molecule has 18 heavy (non-hydrogen) atoms. The van der Waals surface area contributed by atoms with Crippen molar-refractivity contribution in [3.8, 4) is 5.75 Å². The predicted octanol–water partition coefficient (Wildman–Crippen LogP) is 3.16. The molecule has 5 heteroatoms. The van der Waals surface area contributed by atoms with Crippen molar-refractivity contribution in [2.45, 2.75) is 33.9 Å². The fraction of sp³-hybridized carbons (Fsp3) is 0.385. The molecule has 1 heterocycles. The predicted molar refractivity (Wildman–Crippen MR) is 73.3 cm³/mol. The van der Waals surface area contributed by atoms with Gasteiger partial charge in [-0.2, -0.15) is 5.10 Å². The van der Waals surface area contributed by atoms with Crippen LogP contribution in [0.4, 0.5) is 0 Å². The number of rotatable bonds is 4. The van der Waals surface area contributed by atoms with Crippen molar-refractivity contribution in [1.82, 2.24) is 14.8 Å². The van der Waals surface area contributed by atoms with Crippen molar-refractivity contribution < 1.29 is 4.74 Å². The van der Waals surface area contributed by atoms with Crippen LogP contribution in [0.15, 0.2) is 18.2 Å². The zero-order chi connectivity index (χ0) is 13.1. The molecule has 0 amide bonds. The van der Waals surface area contributed by atoms with E-state index >= 15 is 0 Å². The quantitative estimate of drug-likeness (QED) is 0.862. The summed E-state index contributed by atoms with van der Waals surface area (Å²) >= 11 is 5.13. The van der Waals surface area contributed by atoms with Gasteiger partial charge in [0.1, 0.15) is 12.4 Å². The first-order valence-electron chi connectivity index (χ1n) is 5.96. The summed E-state index contributed by atoms with van der Waals surface area (Å²) in [5, 5.41) is 6.94. The highest BCUT2D eigenvalue weighted by Crippen LogP contribution is 2.17. The monoisotopic (exact) mass is 263 g/mol. The Balaban J connectivity index is 2.11. The van der Waals surface area contributed by atoms with E-state index in [1.165, 1.54) is 11.1 Å². The van der Waals surface area contributed by atoms with Crippen molar-refractivity contribution in [1.29, 1.82) is 0 Å². The molecule has 1 N–H and O–H groups in total. The number of nitrogens with zero attached hydrogens (tertiary/aromatic N) is 2. The smallest absolute Gasteiger partial charge is 0.195 e. The van der Waals surface area contributed by atoms with Crippen LogP contribution >= 0.6 is 12.2 Å². The molecule has 1 aromatic heterocycles. The summed E-state index contributed by atoms with van der Waals surface area (Å²) in [5.74, 6) is 1.68. The Kier molecular flexibility index (Phi) is 3.81. The van der Waals surface area contributed by atoms with Gasteiger partial charge in [-0.1, -0.05) is 6.07 Å². The molecule has 4 nitrogen and oxygen atoms in total. The number of hydrogen-bond acceptors (Lipinski definition) is 3. The van der Waals surface area contributed by atoms with Gasteiger partial charge in [0, 0.05) is 6.54 Å². The zero-order valence-corrected chi connectivity index (χ0v) is 11.7. The minimum Gasteiger partial charge on any atom is -0.486 e. The van der Waals surface area contributed by atoms with Crippen molar-refractivity contribution in [2.75, 3.05) is 0 Å². The molecule has 0 aliphatic carbocycles. The number of ether oxygens (including phenoxy) is 1. The first kappa shape index (κ1) is 12.8. The number of aromatic nitrogens is 3. The lowest BCUT2D eigenvalue weighted by molar-refractivity contribution is 0.289. The second kappa shape index (κ2) is 5.35. The minimum atomic E-state index is 0.420. The third-order valence-corrected chi connectivity index (χ3v) is 3.31. The van der Waals surface area contributed by atoms with Crippen LogP contribution in [0.2, 0.25) is 0 Å². The molecule has 0 saturated heterocycles. The lowest BCUT2D eigenvalue weighted by atomic mass is 10.1. The number of nitrogens with one attached hydrogen (secondary N) is 1. The summed E-state index contributed by atoms with van der Waals surface area (Å²) < 4.78 is 8.30. The van der Waals surface area contributed by atoms with Crippen LogP contribution in [0.5, 0.6) is 5.75 Å². The Morgan fingerprint density at radius 3 is 2.78 bits per heavy atom. The third kappa shape index (κ3) is 2.61. The molecule has 2 rings (SSSR count). The van der Waals surface area contributed by atoms with Gasteiger partial charge in [0.25, 0.3) is 0 Å². The molecule has 0 atom stereocenters. The first-order chi connectivity index (χ1) is 8.61. The van der Waals surface area contributed by atoms with Gasteiger partial charge in [-0.15, -0.1) is 0 Å². The maximum absolute atomic E-state index is 5.73. The Morgan fingerprint density at radius 2 is 2.11 bits per heavy atom. The standard InChI is InChI=1S/C13H17N3OS/c1-4-16-12(14-15-13(16)18)8-17-11-6-5-9(2)10(3)7-11/h5-7H,4,8H2,1-3H3,(H,15,18). The molecule has 0 bridgehead atoms. The SMILES string of the molecule is CCn1c(COc2ccc(C)c(C)c2)n[nH]c1=S. The van der Waals surface area contributed by atoms with Crippen molar-refractivity contribution in [3.63, 3.8) is 0 Å². The van der Waals surface area contributed by atoms with Crippen LogP contribution in [0.1, 0.15) is 23.9 Å². The van der Waals surface area contributed by atoms with Gasteiger partial charge in [-0.05, 0) is 56.2 Å². The molecule has 1 aromatic carbocycles. The Bertz CT molecular complexity index is 601. The minimum absolute atomic E-state index is 0.420. The summed E-state index contributed by atoms with van der Waals surface area (Å²) in [6.45, 7) is 7.40. The van der Waals surface area contributed by atoms with E-state index in [1.807, 2.05) is 23.6 Å². The lowest BCUT2D eigenvalue weighted by Gasteiger charge is -2.08. The molecule has 0 radical (unpaired) electrons. The van der Waals surface area contributed by atoms with Gasteiger partial charge in [-0.25, -0.2) is 0 Å². The summed E-state index contributed by atoms with van der Waals surface area (Å²) in [5.41, 5.74) is 2.49. The van der Waals surface area contributed by atoms with Gasteiger partial charge in [0.2, 0.25) is 0 Å². The van der Waals surface area contributed by atoms with Gasteiger partial charge in [-0.3, -0.25) is 5.10 Å². The molecular formula is C13H17N3OS. The fourth-order valence-electron chi connectivity index (χ4n) is 1.74. The summed E-state index contributed by atoms with van der Waals surface area (Å²) in [6, 6.07) is 6.06. The highest BCUT2D eigenvalue weighted by molar-refractivity contribution is 7.71. The summed E-state index contributed by atoms with van der Waals surface area (Å²) in [7, 11) is 0. The van der Waals surface area contributed by atoms with Crippen LogP contribution in [0, 0.1) is 18.6 Å². The lowest BCUT2D eigenvalue weighted by Crippen LogP contribution is -2.06. The second-order valence-corrected chi connectivity index (χ2v) is 4.61. The average Bonchev–Trinajstić information content (AvgIpc) is 2.71. The van der Waals surface area contributed by atoms with Crippen molar-refractivity contribution in [3.05, 3.63) is 39.9 Å². The van der Waals surface area contributed by atoms with E-state index in [2.05, 4.69) is 30.1 Å². The number of H-pyrrole nitrogens is 1. The third-order valence-electron chi connectivity index (χ3n) is 3.00.